The highest BCUT2D eigenvalue weighted by atomic mass is 32.2. The third kappa shape index (κ3) is 11.5. The molecule has 9 N–H and O–H groups in total. The summed E-state index contributed by atoms with van der Waals surface area (Å²) in [5.74, 6) is -3.84. The lowest BCUT2D eigenvalue weighted by Gasteiger charge is -2.26. The van der Waals surface area contributed by atoms with E-state index in [0.717, 1.165) is 0 Å². The highest BCUT2D eigenvalue weighted by Crippen LogP contribution is 2.12. The maximum absolute atomic E-state index is 13.3. The van der Waals surface area contributed by atoms with Gasteiger partial charge in [0, 0.05) is 12.8 Å². The molecule has 0 bridgehead atoms. The van der Waals surface area contributed by atoms with Crippen molar-refractivity contribution in [2.24, 2.45) is 17.4 Å². The molecule has 0 saturated heterocycles. The summed E-state index contributed by atoms with van der Waals surface area (Å²) >= 11 is 1.52. The second-order valence-corrected chi connectivity index (χ2v) is 9.94. The summed E-state index contributed by atoms with van der Waals surface area (Å²) in [6.45, 7) is 3.22. The average Bonchev–Trinajstić information content (AvgIpc) is 2.83. The standard InChI is InChI=1S/C24H37N5O7S/c1-13(2)20(24(35)36)29-22(33)17(8-9-19(26)31)27-23(34)18(12-14-4-6-15(30)7-5-14)28-21(32)16(25)10-11-37-3/h4-7,13,16-18,20,30H,8-12,25H2,1-3H3,(H2,26,31)(H,27,34)(H,28,32)(H,29,33)(H,35,36). The summed E-state index contributed by atoms with van der Waals surface area (Å²) in [4.78, 5) is 61.7. The van der Waals surface area contributed by atoms with Crippen molar-refractivity contribution in [3.05, 3.63) is 29.8 Å². The highest BCUT2D eigenvalue weighted by Gasteiger charge is 2.31. The lowest BCUT2D eigenvalue weighted by atomic mass is 10.0. The number of amides is 4. The number of benzene rings is 1. The van der Waals surface area contributed by atoms with Gasteiger partial charge in [-0.3, -0.25) is 19.2 Å². The molecule has 0 aromatic heterocycles. The van der Waals surface area contributed by atoms with Gasteiger partial charge in [0.1, 0.15) is 23.9 Å². The molecule has 0 spiro atoms. The Morgan fingerprint density at radius 1 is 0.919 bits per heavy atom. The van der Waals surface area contributed by atoms with E-state index < -0.39 is 59.7 Å². The predicted octanol–water partition coefficient (Wildman–Crippen LogP) is -0.524. The normalized spacial score (nSPS) is 14.2. The Hall–Kier alpha value is -3.32. The summed E-state index contributed by atoms with van der Waals surface area (Å²) in [7, 11) is 0. The minimum atomic E-state index is -1.29. The number of carboxylic acid groups (broad SMARTS) is 1. The molecule has 0 aliphatic rings. The molecule has 4 unspecified atom stereocenters. The summed E-state index contributed by atoms with van der Waals surface area (Å²) in [5.41, 5.74) is 11.8. The molecule has 1 rings (SSSR count). The third-order valence-corrected chi connectivity index (χ3v) is 6.17. The monoisotopic (exact) mass is 539 g/mol. The van der Waals surface area contributed by atoms with Crippen LogP contribution >= 0.6 is 11.8 Å². The van der Waals surface area contributed by atoms with E-state index in [1.54, 1.807) is 26.0 Å². The summed E-state index contributed by atoms with van der Waals surface area (Å²) in [6, 6.07) is 1.49. The number of phenols is 1. The number of phenolic OH excluding ortho intramolecular Hbond substituents is 1. The number of aliphatic carboxylic acids is 1. The van der Waals surface area contributed by atoms with Gasteiger partial charge in [0.15, 0.2) is 0 Å². The van der Waals surface area contributed by atoms with Crippen LogP contribution in [0, 0.1) is 5.92 Å². The van der Waals surface area contributed by atoms with Gasteiger partial charge in [-0.2, -0.15) is 11.8 Å². The number of hydrogen-bond acceptors (Lipinski definition) is 8. The molecule has 0 aliphatic carbocycles. The van der Waals surface area contributed by atoms with Crippen LogP contribution in [0.1, 0.15) is 38.7 Å². The SMILES string of the molecule is CSCCC(N)C(=O)NC(Cc1ccc(O)cc1)C(=O)NC(CCC(N)=O)C(=O)NC(C(=O)O)C(C)C. The third-order valence-electron chi connectivity index (χ3n) is 5.52. The minimum Gasteiger partial charge on any atom is -0.508 e. The molecule has 37 heavy (non-hydrogen) atoms. The van der Waals surface area contributed by atoms with Crippen LogP contribution < -0.4 is 27.4 Å². The average molecular weight is 540 g/mol. The first kappa shape index (κ1) is 31.7. The first-order chi connectivity index (χ1) is 17.3. The number of nitrogens with two attached hydrogens (primary N) is 2. The second kappa shape index (κ2) is 15.7. The molecule has 1 aromatic carbocycles. The van der Waals surface area contributed by atoms with Gasteiger partial charge in [-0.1, -0.05) is 26.0 Å². The van der Waals surface area contributed by atoms with Crippen LogP contribution in [-0.2, 0) is 30.4 Å². The topological polar surface area (TPSA) is 214 Å². The van der Waals surface area contributed by atoms with E-state index in [9.17, 15) is 34.2 Å². The number of hydrogen-bond donors (Lipinski definition) is 7. The number of carbonyl (C=O) groups is 5. The summed E-state index contributed by atoms with van der Waals surface area (Å²) < 4.78 is 0. The molecular formula is C24H37N5O7S. The highest BCUT2D eigenvalue weighted by molar-refractivity contribution is 7.98. The van der Waals surface area contributed by atoms with E-state index in [-0.39, 0.29) is 25.0 Å². The van der Waals surface area contributed by atoms with E-state index in [1.807, 2.05) is 6.26 Å². The Kier molecular flexibility index (Phi) is 13.5. The molecular weight excluding hydrogens is 502 g/mol. The largest absolute Gasteiger partial charge is 0.508 e. The minimum absolute atomic E-state index is 0.0149. The van der Waals surface area contributed by atoms with Crippen molar-refractivity contribution in [2.45, 2.75) is 63.7 Å². The van der Waals surface area contributed by atoms with Crippen molar-refractivity contribution in [3.8, 4) is 5.75 Å². The number of thioether (sulfide) groups is 1. The Labute approximate surface area is 220 Å². The first-order valence-corrected chi connectivity index (χ1v) is 13.2. The molecule has 4 amide bonds. The zero-order valence-corrected chi connectivity index (χ0v) is 22.0. The molecule has 13 heteroatoms. The molecule has 12 nitrogen and oxygen atoms in total. The first-order valence-electron chi connectivity index (χ1n) is 11.8. The summed E-state index contributed by atoms with van der Waals surface area (Å²) in [6.07, 6.45) is 1.85. The van der Waals surface area contributed by atoms with Crippen molar-refractivity contribution >= 4 is 41.4 Å². The summed E-state index contributed by atoms with van der Waals surface area (Å²) in [5, 5.41) is 26.4. The number of carbonyl (C=O) groups excluding carboxylic acids is 4. The van der Waals surface area contributed by atoms with Crippen LogP contribution in [-0.4, -0.2) is 76.0 Å². The molecule has 0 saturated carbocycles. The molecule has 4 atom stereocenters. The molecule has 0 radical (unpaired) electrons. The quantitative estimate of drug-likeness (QED) is 0.144. The number of carboxylic acids is 1. The van der Waals surface area contributed by atoms with Crippen LogP contribution in [0.25, 0.3) is 0 Å². The van der Waals surface area contributed by atoms with Gasteiger partial charge in [0.2, 0.25) is 23.6 Å². The van der Waals surface area contributed by atoms with E-state index in [2.05, 4.69) is 16.0 Å². The number of nitrogens with one attached hydrogen (secondary N) is 3. The molecule has 1 aromatic rings. The molecule has 206 valence electrons. The lowest BCUT2D eigenvalue weighted by molar-refractivity contribution is -0.143. The van der Waals surface area contributed by atoms with Crippen LogP contribution in [0.5, 0.6) is 5.75 Å². The van der Waals surface area contributed by atoms with Gasteiger partial charge in [-0.05, 0) is 48.5 Å². The fourth-order valence-electron chi connectivity index (χ4n) is 3.33. The zero-order chi connectivity index (χ0) is 28.1. The van der Waals surface area contributed by atoms with Crippen LogP contribution in [0.2, 0.25) is 0 Å². The Morgan fingerprint density at radius 2 is 1.49 bits per heavy atom. The fourth-order valence-corrected chi connectivity index (χ4v) is 3.82. The molecule has 0 aliphatic heterocycles. The van der Waals surface area contributed by atoms with Crippen molar-refractivity contribution in [1.82, 2.24) is 16.0 Å². The number of rotatable bonds is 16. The Balaban J connectivity index is 3.15. The van der Waals surface area contributed by atoms with Gasteiger partial charge in [-0.15, -0.1) is 0 Å². The Morgan fingerprint density at radius 3 is 2.00 bits per heavy atom. The van der Waals surface area contributed by atoms with Crippen LogP contribution in [0.4, 0.5) is 0 Å². The van der Waals surface area contributed by atoms with E-state index >= 15 is 0 Å². The Bertz CT molecular complexity index is 942. The van der Waals surface area contributed by atoms with Gasteiger partial charge < -0.3 is 37.6 Å². The van der Waals surface area contributed by atoms with E-state index in [0.29, 0.717) is 17.7 Å². The number of aromatic hydroxyl groups is 1. The van der Waals surface area contributed by atoms with Gasteiger partial charge >= 0.3 is 5.97 Å². The van der Waals surface area contributed by atoms with Gasteiger partial charge in [0.05, 0.1) is 6.04 Å². The maximum atomic E-state index is 13.3. The molecule has 0 heterocycles. The maximum Gasteiger partial charge on any atom is 0.326 e. The van der Waals surface area contributed by atoms with Crippen LogP contribution in [0.3, 0.4) is 0 Å². The number of primary amides is 1. The van der Waals surface area contributed by atoms with E-state index in [1.165, 1.54) is 23.9 Å². The van der Waals surface area contributed by atoms with E-state index in [4.69, 9.17) is 11.5 Å². The zero-order valence-electron chi connectivity index (χ0n) is 21.2. The molecule has 0 fully saturated rings. The van der Waals surface area contributed by atoms with Gasteiger partial charge in [-0.25, -0.2) is 4.79 Å². The predicted molar refractivity (Wildman–Crippen MR) is 139 cm³/mol. The van der Waals surface area contributed by atoms with Crippen molar-refractivity contribution in [3.63, 3.8) is 0 Å². The van der Waals surface area contributed by atoms with Crippen molar-refractivity contribution in [1.29, 1.82) is 0 Å². The lowest BCUT2D eigenvalue weighted by Crippen LogP contribution is -2.58. The second-order valence-electron chi connectivity index (χ2n) is 8.95. The van der Waals surface area contributed by atoms with Crippen molar-refractivity contribution < 1.29 is 34.2 Å². The van der Waals surface area contributed by atoms with Crippen molar-refractivity contribution in [2.75, 3.05) is 12.0 Å². The van der Waals surface area contributed by atoms with Gasteiger partial charge in [0.25, 0.3) is 0 Å². The smallest absolute Gasteiger partial charge is 0.326 e. The van der Waals surface area contributed by atoms with Crippen LogP contribution in [0.15, 0.2) is 24.3 Å². The fraction of sp³-hybridized carbons (Fsp3) is 0.542.